The molecule has 0 aliphatic carbocycles. The van der Waals surface area contributed by atoms with E-state index in [1.165, 1.54) is 23.6 Å². The van der Waals surface area contributed by atoms with Gasteiger partial charge in [0, 0.05) is 11.2 Å². The number of anilines is 2. The van der Waals surface area contributed by atoms with E-state index in [9.17, 15) is 4.39 Å². The predicted octanol–water partition coefficient (Wildman–Crippen LogP) is 4.88. The second-order valence-corrected chi connectivity index (χ2v) is 5.64. The van der Waals surface area contributed by atoms with Crippen LogP contribution < -0.4 is 5.32 Å². The first-order valence-electron chi connectivity index (χ1n) is 5.26. The topological polar surface area (TPSA) is 37.8 Å². The summed E-state index contributed by atoms with van der Waals surface area (Å²) in [5.74, 6) is -0.431. The monoisotopic (exact) mass is 313 g/mol. The molecule has 3 rings (SSSR count). The third-order valence-corrected chi connectivity index (χ3v) is 3.76. The number of hydrogen-bond donors (Lipinski definition) is 1. The number of hydrogen-bond acceptors (Lipinski definition) is 4. The Kier molecular flexibility index (Phi) is 3.26. The van der Waals surface area contributed by atoms with E-state index in [2.05, 4.69) is 15.3 Å². The Balaban J connectivity index is 1.96. The standard InChI is InChI=1S/C12H6Cl2FN3S/c13-6-1-2-9-10(4-6)19-12(17-9)18-11-8(15)3-7(14)5-16-11/h1-5H,(H,16,17,18). The third kappa shape index (κ3) is 2.63. The first-order chi connectivity index (χ1) is 9.11. The van der Waals surface area contributed by atoms with Gasteiger partial charge < -0.3 is 5.32 Å². The Labute approximate surface area is 122 Å². The number of halogens is 3. The highest BCUT2D eigenvalue weighted by Gasteiger charge is 2.09. The molecule has 0 aliphatic rings. The molecular weight excluding hydrogens is 308 g/mol. The lowest BCUT2D eigenvalue weighted by Gasteiger charge is -2.02. The number of rotatable bonds is 2. The number of benzene rings is 1. The van der Waals surface area contributed by atoms with Crippen molar-refractivity contribution in [2.24, 2.45) is 0 Å². The van der Waals surface area contributed by atoms with E-state index in [1.807, 2.05) is 12.1 Å². The molecule has 0 saturated heterocycles. The minimum absolute atomic E-state index is 0.0922. The summed E-state index contributed by atoms with van der Waals surface area (Å²) < 4.78 is 14.5. The molecule has 2 aromatic heterocycles. The van der Waals surface area contributed by atoms with Gasteiger partial charge in [0.2, 0.25) is 0 Å². The molecule has 2 heterocycles. The van der Waals surface area contributed by atoms with Crippen LogP contribution in [0.1, 0.15) is 0 Å². The second kappa shape index (κ2) is 4.92. The van der Waals surface area contributed by atoms with Gasteiger partial charge in [-0.05, 0) is 24.3 Å². The van der Waals surface area contributed by atoms with Gasteiger partial charge >= 0.3 is 0 Å². The van der Waals surface area contributed by atoms with E-state index in [4.69, 9.17) is 23.2 Å². The van der Waals surface area contributed by atoms with E-state index in [0.717, 1.165) is 10.2 Å². The largest absolute Gasteiger partial charge is 0.314 e. The molecule has 0 spiro atoms. The van der Waals surface area contributed by atoms with Crippen molar-refractivity contribution in [2.75, 3.05) is 5.32 Å². The summed E-state index contributed by atoms with van der Waals surface area (Å²) in [6, 6.07) is 6.58. The summed E-state index contributed by atoms with van der Waals surface area (Å²) in [7, 11) is 0. The van der Waals surface area contributed by atoms with Gasteiger partial charge in [-0.1, -0.05) is 34.5 Å². The normalized spacial score (nSPS) is 10.9. The molecule has 3 aromatic rings. The average molecular weight is 314 g/mol. The summed E-state index contributed by atoms with van der Waals surface area (Å²) in [5, 5.41) is 4.26. The van der Waals surface area contributed by atoms with Crippen LogP contribution in [-0.2, 0) is 0 Å². The number of pyridine rings is 1. The van der Waals surface area contributed by atoms with Crippen LogP contribution in [0.5, 0.6) is 0 Å². The minimum Gasteiger partial charge on any atom is -0.314 e. The fourth-order valence-corrected chi connectivity index (χ4v) is 2.85. The average Bonchev–Trinajstić information content (AvgIpc) is 2.74. The molecule has 1 aromatic carbocycles. The number of thiazole rings is 1. The molecule has 0 fully saturated rings. The van der Waals surface area contributed by atoms with Gasteiger partial charge in [0.15, 0.2) is 16.8 Å². The fraction of sp³-hybridized carbons (Fsp3) is 0. The molecule has 0 amide bonds. The van der Waals surface area contributed by atoms with Crippen molar-refractivity contribution >= 4 is 55.7 Å². The molecule has 19 heavy (non-hydrogen) atoms. The third-order valence-electron chi connectivity index (χ3n) is 2.38. The Morgan fingerprint density at radius 2 is 2.00 bits per heavy atom. The van der Waals surface area contributed by atoms with Gasteiger partial charge in [0.1, 0.15) is 0 Å². The van der Waals surface area contributed by atoms with Gasteiger partial charge in [-0.3, -0.25) is 0 Å². The van der Waals surface area contributed by atoms with E-state index in [1.54, 1.807) is 6.07 Å². The van der Waals surface area contributed by atoms with Crippen molar-refractivity contribution in [3.8, 4) is 0 Å². The van der Waals surface area contributed by atoms with Crippen LogP contribution in [0.2, 0.25) is 10.0 Å². The van der Waals surface area contributed by atoms with Crippen LogP contribution in [0.4, 0.5) is 15.3 Å². The summed E-state index contributed by atoms with van der Waals surface area (Å²) in [4.78, 5) is 8.21. The summed E-state index contributed by atoms with van der Waals surface area (Å²) >= 11 is 12.9. The Hall–Kier alpha value is -1.43. The predicted molar refractivity (Wildman–Crippen MR) is 77.1 cm³/mol. The summed E-state index contributed by atoms with van der Waals surface area (Å²) in [5.41, 5.74) is 0.797. The highest BCUT2D eigenvalue weighted by atomic mass is 35.5. The second-order valence-electron chi connectivity index (χ2n) is 3.74. The SMILES string of the molecule is Fc1cc(Cl)cnc1Nc1nc2ccc(Cl)cc2s1. The smallest absolute Gasteiger partial charge is 0.189 e. The Bertz CT molecular complexity index is 760. The van der Waals surface area contributed by atoms with Crippen LogP contribution in [0.15, 0.2) is 30.5 Å². The van der Waals surface area contributed by atoms with Crippen LogP contribution in [0, 0.1) is 5.82 Å². The molecule has 3 nitrogen and oxygen atoms in total. The van der Waals surface area contributed by atoms with E-state index in [-0.39, 0.29) is 10.8 Å². The van der Waals surface area contributed by atoms with Crippen molar-refractivity contribution < 1.29 is 4.39 Å². The van der Waals surface area contributed by atoms with Crippen molar-refractivity contribution in [1.29, 1.82) is 0 Å². The lowest BCUT2D eigenvalue weighted by Crippen LogP contribution is -1.96. The van der Waals surface area contributed by atoms with E-state index in [0.29, 0.717) is 10.2 Å². The maximum absolute atomic E-state index is 13.6. The number of aromatic nitrogens is 2. The molecule has 96 valence electrons. The maximum Gasteiger partial charge on any atom is 0.189 e. The van der Waals surface area contributed by atoms with Crippen LogP contribution in [0.25, 0.3) is 10.2 Å². The van der Waals surface area contributed by atoms with Crippen LogP contribution in [-0.4, -0.2) is 9.97 Å². The molecule has 0 bridgehead atoms. The quantitative estimate of drug-likeness (QED) is 0.732. The van der Waals surface area contributed by atoms with Crippen LogP contribution in [0.3, 0.4) is 0 Å². The molecule has 0 radical (unpaired) electrons. The zero-order chi connectivity index (χ0) is 13.4. The van der Waals surface area contributed by atoms with Gasteiger partial charge in [0.05, 0.1) is 15.2 Å². The Morgan fingerprint density at radius 1 is 1.16 bits per heavy atom. The fourth-order valence-electron chi connectivity index (χ4n) is 1.56. The molecule has 0 saturated carbocycles. The molecule has 1 N–H and O–H groups in total. The number of nitrogens with one attached hydrogen (secondary N) is 1. The van der Waals surface area contributed by atoms with Gasteiger partial charge in [0.25, 0.3) is 0 Å². The summed E-state index contributed by atoms with van der Waals surface area (Å²) in [6.45, 7) is 0. The lowest BCUT2D eigenvalue weighted by atomic mass is 10.3. The first kappa shape index (κ1) is 12.6. The highest BCUT2D eigenvalue weighted by molar-refractivity contribution is 7.22. The molecular formula is C12H6Cl2FN3S. The molecule has 0 unspecified atom stereocenters. The minimum atomic E-state index is -0.523. The van der Waals surface area contributed by atoms with Gasteiger partial charge in [-0.15, -0.1) is 0 Å². The summed E-state index contributed by atoms with van der Waals surface area (Å²) in [6.07, 6.45) is 1.37. The van der Waals surface area contributed by atoms with Crippen LogP contribution >= 0.6 is 34.5 Å². The zero-order valence-electron chi connectivity index (χ0n) is 9.32. The molecule has 7 heteroatoms. The number of nitrogens with zero attached hydrogens (tertiary/aromatic N) is 2. The van der Waals surface area contributed by atoms with Gasteiger partial charge in [-0.2, -0.15) is 0 Å². The molecule has 0 atom stereocenters. The molecule has 0 aliphatic heterocycles. The highest BCUT2D eigenvalue weighted by Crippen LogP contribution is 2.30. The van der Waals surface area contributed by atoms with Crippen molar-refractivity contribution in [1.82, 2.24) is 9.97 Å². The maximum atomic E-state index is 13.6. The van der Waals surface area contributed by atoms with Crippen molar-refractivity contribution in [3.63, 3.8) is 0 Å². The van der Waals surface area contributed by atoms with E-state index < -0.39 is 5.82 Å². The van der Waals surface area contributed by atoms with Gasteiger partial charge in [-0.25, -0.2) is 14.4 Å². The first-order valence-corrected chi connectivity index (χ1v) is 6.83. The number of fused-ring (bicyclic) bond motifs is 1. The van der Waals surface area contributed by atoms with E-state index >= 15 is 0 Å². The van der Waals surface area contributed by atoms with Crippen molar-refractivity contribution in [3.05, 3.63) is 46.3 Å². The van der Waals surface area contributed by atoms with Crippen molar-refractivity contribution in [2.45, 2.75) is 0 Å². The lowest BCUT2D eigenvalue weighted by molar-refractivity contribution is 0.626. The Morgan fingerprint density at radius 3 is 2.79 bits per heavy atom. The zero-order valence-corrected chi connectivity index (χ0v) is 11.7.